The molecular weight excluding hydrogens is 275 g/mol. The van der Waals surface area contributed by atoms with Crippen molar-refractivity contribution in [2.75, 3.05) is 13.7 Å². The maximum Gasteiger partial charge on any atom is 0.406 e. The van der Waals surface area contributed by atoms with E-state index in [1.807, 2.05) is 0 Å². The van der Waals surface area contributed by atoms with Gasteiger partial charge in [0.1, 0.15) is 6.54 Å². The van der Waals surface area contributed by atoms with E-state index in [1.165, 1.54) is 25.3 Å². The molecule has 0 radical (unpaired) electrons. The second-order valence-corrected chi connectivity index (χ2v) is 4.64. The van der Waals surface area contributed by atoms with Crippen molar-refractivity contribution in [2.24, 2.45) is 0 Å². The van der Waals surface area contributed by atoms with E-state index in [2.05, 4.69) is 0 Å². The molecule has 1 aliphatic carbocycles. The Morgan fingerprint density at radius 3 is 2.60 bits per heavy atom. The van der Waals surface area contributed by atoms with Crippen LogP contribution in [0.15, 0.2) is 18.2 Å². The van der Waals surface area contributed by atoms with E-state index in [4.69, 9.17) is 4.74 Å². The zero-order chi connectivity index (χ0) is 14.9. The molecule has 0 bridgehead atoms. The monoisotopic (exact) mass is 289 g/mol. The molecule has 0 unspecified atom stereocenters. The largest absolute Gasteiger partial charge is 0.504 e. The van der Waals surface area contributed by atoms with Gasteiger partial charge in [0.2, 0.25) is 0 Å². The average molecular weight is 289 g/mol. The average Bonchev–Trinajstić information content (AvgIpc) is 3.18. The van der Waals surface area contributed by atoms with Crippen LogP contribution in [0.1, 0.15) is 23.2 Å². The normalized spacial score (nSPS) is 15.0. The fourth-order valence-corrected chi connectivity index (χ4v) is 1.96. The number of alkyl halides is 3. The van der Waals surface area contributed by atoms with Crippen molar-refractivity contribution in [3.05, 3.63) is 23.8 Å². The Labute approximate surface area is 113 Å². The Balaban J connectivity index is 2.28. The van der Waals surface area contributed by atoms with Gasteiger partial charge in [0.05, 0.1) is 12.7 Å². The molecule has 4 nitrogen and oxygen atoms in total. The number of amides is 1. The van der Waals surface area contributed by atoms with Crippen LogP contribution in [0.2, 0.25) is 0 Å². The first-order valence-electron chi connectivity index (χ1n) is 6.07. The predicted molar refractivity (Wildman–Crippen MR) is 64.8 cm³/mol. The van der Waals surface area contributed by atoms with Crippen LogP contribution in [0, 0.1) is 0 Å². The second kappa shape index (κ2) is 5.22. The zero-order valence-electron chi connectivity index (χ0n) is 10.8. The molecule has 1 saturated carbocycles. The smallest absolute Gasteiger partial charge is 0.406 e. The Morgan fingerprint density at radius 2 is 2.10 bits per heavy atom. The van der Waals surface area contributed by atoms with Gasteiger partial charge in [0.15, 0.2) is 11.5 Å². The molecule has 1 aliphatic rings. The molecule has 0 aliphatic heterocycles. The molecule has 0 heterocycles. The first-order chi connectivity index (χ1) is 9.33. The maximum absolute atomic E-state index is 12.5. The van der Waals surface area contributed by atoms with Gasteiger partial charge in [-0.25, -0.2) is 0 Å². The molecule has 1 N–H and O–H groups in total. The van der Waals surface area contributed by atoms with Gasteiger partial charge in [-0.05, 0) is 25.0 Å². The fraction of sp³-hybridized carbons (Fsp3) is 0.462. The summed E-state index contributed by atoms with van der Waals surface area (Å²) in [5.74, 6) is -1.22. The number of ether oxygens (including phenoxy) is 1. The number of halogens is 3. The Bertz CT molecular complexity index is 512. The highest BCUT2D eigenvalue weighted by Crippen LogP contribution is 2.35. The lowest BCUT2D eigenvalue weighted by atomic mass is 10.1. The van der Waals surface area contributed by atoms with Crippen molar-refractivity contribution in [1.82, 2.24) is 4.90 Å². The highest BCUT2D eigenvalue weighted by molar-refractivity contribution is 5.98. The van der Waals surface area contributed by atoms with E-state index in [0.29, 0.717) is 12.8 Å². The summed E-state index contributed by atoms with van der Waals surface area (Å²) in [6.45, 7) is -1.31. The summed E-state index contributed by atoms with van der Waals surface area (Å²) in [5, 5.41) is 9.85. The van der Waals surface area contributed by atoms with Crippen molar-refractivity contribution in [1.29, 1.82) is 0 Å². The van der Waals surface area contributed by atoms with Crippen LogP contribution in [-0.2, 0) is 0 Å². The van der Waals surface area contributed by atoms with Gasteiger partial charge in [0.25, 0.3) is 5.91 Å². The van der Waals surface area contributed by atoms with Gasteiger partial charge < -0.3 is 14.7 Å². The number of carbonyl (C=O) groups is 1. The van der Waals surface area contributed by atoms with Crippen molar-refractivity contribution in [3.63, 3.8) is 0 Å². The van der Waals surface area contributed by atoms with Crippen molar-refractivity contribution in [2.45, 2.75) is 25.1 Å². The van der Waals surface area contributed by atoms with Crippen LogP contribution in [-0.4, -0.2) is 41.8 Å². The molecule has 1 aromatic rings. The van der Waals surface area contributed by atoms with E-state index in [1.54, 1.807) is 0 Å². The third-order valence-corrected chi connectivity index (χ3v) is 3.05. The SMILES string of the molecule is COc1cccc(C(=O)N(CC(F)(F)F)C2CC2)c1O. The van der Waals surface area contributed by atoms with Crippen molar-refractivity contribution >= 4 is 5.91 Å². The van der Waals surface area contributed by atoms with E-state index in [-0.39, 0.29) is 11.3 Å². The molecule has 1 amide bonds. The molecule has 0 atom stereocenters. The van der Waals surface area contributed by atoms with E-state index in [9.17, 15) is 23.1 Å². The lowest BCUT2D eigenvalue weighted by molar-refractivity contribution is -0.141. The summed E-state index contributed by atoms with van der Waals surface area (Å²) in [6, 6.07) is 3.75. The van der Waals surface area contributed by atoms with Crippen LogP contribution >= 0.6 is 0 Å². The predicted octanol–water partition coefficient (Wildman–Crippen LogP) is 2.57. The minimum absolute atomic E-state index is 0.0543. The molecular formula is C13H14F3NO3. The van der Waals surface area contributed by atoms with Crippen LogP contribution in [0.4, 0.5) is 13.2 Å². The van der Waals surface area contributed by atoms with Crippen molar-refractivity contribution in [3.8, 4) is 11.5 Å². The molecule has 1 fully saturated rings. The molecule has 20 heavy (non-hydrogen) atoms. The summed E-state index contributed by atoms with van der Waals surface area (Å²) < 4.78 is 42.5. The van der Waals surface area contributed by atoms with Crippen LogP contribution < -0.4 is 4.74 Å². The van der Waals surface area contributed by atoms with E-state index >= 15 is 0 Å². The Morgan fingerprint density at radius 1 is 1.45 bits per heavy atom. The summed E-state index contributed by atoms with van der Waals surface area (Å²) in [4.78, 5) is 13.0. The molecule has 2 rings (SSSR count). The molecule has 110 valence electrons. The minimum Gasteiger partial charge on any atom is -0.504 e. The highest BCUT2D eigenvalue weighted by atomic mass is 19.4. The number of benzene rings is 1. The summed E-state index contributed by atoms with van der Waals surface area (Å²) in [7, 11) is 1.30. The van der Waals surface area contributed by atoms with Crippen LogP contribution in [0.5, 0.6) is 11.5 Å². The first kappa shape index (κ1) is 14.5. The second-order valence-electron chi connectivity index (χ2n) is 4.64. The summed E-state index contributed by atoms with van der Waals surface area (Å²) in [5.41, 5.74) is -0.180. The first-order valence-corrected chi connectivity index (χ1v) is 6.07. The number of aromatic hydroxyl groups is 1. The Hall–Kier alpha value is -1.92. The van der Waals surface area contributed by atoms with E-state index in [0.717, 1.165) is 4.90 Å². The number of phenolic OH excluding ortho intramolecular Hbond substituents is 1. The molecule has 7 heteroatoms. The molecule has 0 saturated heterocycles. The number of hydrogen-bond acceptors (Lipinski definition) is 3. The van der Waals surface area contributed by atoms with Gasteiger partial charge in [-0.2, -0.15) is 13.2 Å². The minimum atomic E-state index is -4.47. The summed E-state index contributed by atoms with van der Waals surface area (Å²) >= 11 is 0. The van der Waals surface area contributed by atoms with Gasteiger partial charge in [-0.15, -0.1) is 0 Å². The maximum atomic E-state index is 12.5. The van der Waals surface area contributed by atoms with Gasteiger partial charge in [-0.1, -0.05) is 6.07 Å². The number of hydrogen-bond donors (Lipinski definition) is 1. The zero-order valence-corrected chi connectivity index (χ0v) is 10.8. The lowest BCUT2D eigenvalue weighted by Gasteiger charge is -2.24. The van der Waals surface area contributed by atoms with E-state index < -0.39 is 30.4 Å². The Kier molecular flexibility index (Phi) is 3.78. The third kappa shape index (κ3) is 3.15. The van der Waals surface area contributed by atoms with Crippen LogP contribution in [0.3, 0.4) is 0 Å². The standard InChI is InChI=1S/C13H14F3NO3/c1-20-10-4-2-3-9(11(10)18)12(19)17(8-5-6-8)7-13(14,15)16/h2-4,8,18H,5-7H2,1H3. The third-order valence-electron chi connectivity index (χ3n) is 3.05. The van der Waals surface area contributed by atoms with Gasteiger partial charge >= 0.3 is 6.18 Å². The molecule has 1 aromatic carbocycles. The van der Waals surface area contributed by atoms with Gasteiger partial charge in [-0.3, -0.25) is 4.79 Å². The topological polar surface area (TPSA) is 49.8 Å². The molecule has 0 aromatic heterocycles. The van der Waals surface area contributed by atoms with Crippen molar-refractivity contribution < 1.29 is 27.8 Å². The highest BCUT2D eigenvalue weighted by Gasteiger charge is 2.41. The fourth-order valence-electron chi connectivity index (χ4n) is 1.96. The van der Waals surface area contributed by atoms with Gasteiger partial charge in [0, 0.05) is 6.04 Å². The number of phenols is 1. The number of rotatable bonds is 4. The number of carbonyl (C=O) groups excluding carboxylic acids is 1. The number of para-hydroxylation sites is 1. The quantitative estimate of drug-likeness (QED) is 0.926. The number of methoxy groups -OCH3 is 1. The van der Waals surface area contributed by atoms with Crippen LogP contribution in [0.25, 0.3) is 0 Å². The summed E-state index contributed by atoms with van der Waals surface area (Å²) in [6.07, 6.45) is -3.37. The lowest BCUT2D eigenvalue weighted by Crippen LogP contribution is -2.40. The number of nitrogens with zero attached hydrogens (tertiary/aromatic N) is 1. The molecule has 0 spiro atoms.